The number of hydrogen-bond acceptors (Lipinski definition) is 3. The van der Waals surface area contributed by atoms with Crippen molar-refractivity contribution in [2.75, 3.05) is 14.2 Å². The van der Waals surface area contributed by atoms with Crippen molar-refractivity contribution >= 4 is 11.9 Å². The van der Waals surface area contributed by atoms with E-state index >= 15 is 0 Å². The molecule has 0 fully saturated rings. The molecule has 0 saturated heterocycles. The van der Waals surface area contributed by atoms with Crippen LogP contribution in [0.3, 0.4) is 0 Å². The van der Waals surface area contributed by atoms with Crippen LogP contribution >= 0.6 is 0 Å². The lowest BCUT2D eigenvalue weighted by atomic mass is 9.86. The number of carbonyl (C=O) groups excluding carboxylic acids is 1. The Balaban J connectivity index is 1.81. The highest BCUT2D eigenvalue weighted by atomic mass is 16.5. The fourth-order valence-electron chi connectivity index (χ4n) is 2.91. The van der Waals surface area contributed by atoms with Gasteiger partial charge in [-0.1, -0.05) is 36.4 Å². The molecule has 0 aliphatic heterocycles. The number of fused-ring (bicyclic) bond motifs is 1. The van der Waals surface area contributed by atoms with Gasteiger partial charge in [0.1, 0.15) is 11.5 Å². The van der Waals surface area contributed by atoms with Crippen LogP contribution in [-0.4, -0.2) is 20.0 Å². The highest BCUT2D eigenvalue weighted by molar-refractivity contribution is 6.11. The maximum absolute atomic E-state index is 12.6. The maximum Gasteiger partial charge on any atom is 0.189 e. The summed E-state index contributed by atoms with van der Waals surface area (Å²) in [6, 6.07) is 13.4. The predicted octanol–water partition coefficient (Wildman–Crippen LogP) is 4.47. The van der Waals surface area contributed by atoms with Crippen molar-refractivity contribution < 1.29 is 14.3 Å². The third kappa shape index (κ3) is 3.25. The van der Waals surface area contributed by atoms with E-state index in [2.05, 4.69) is 0 Å². The summed E-state index contributed by atoms with van der Waals surface area (Å²) in [5.41, 5.74) is 3.66. The Morgan fingerprint density at radius 1 is 1.00 bits per heavy atom. The predicted molar refractivity (Wildman–Crippen MR) is 95.8 cm³/mol. The molecule has 0 spiro atoms. The van der Waals surface area contributed by atoms with Crippen molar-refractivity contribution in [3.8, 4) is 11.5 Å². The molecule has 24 heavy (non-hydrogen) atoms. The monoisotopic (exact) mass is 320 g/mol. The summed E-state index contributed by atoms with van der Waals surface area (Å²) in [5.74, 6) is 1.72. The van der Waals surface area contributed by atoms with Crippen LogP contribution < -0.4 is 9.47 Å². The topological polar surface area (TPSA) is 35.5 Å². The van der Waals surface area contributed by atoms with Crippen molar-refractivity contribution in [2.24, 2.45) is 0 Å². The van der Waals surface area contributed by atoms with Crippen LogP contribution in [0.2, 0.25) is 0 Å². The van der Waals surface area contributed by atoms with Gasteiger partial charge in [0.25, 0.3) is 0 Å². The summed E-state index contributed by atoms with van der Waals surface area (Å²) in [6.45, 7) is 0. The van der Waals surface area contributed by atoms with E-state index in [0.29, 0.717) is 0 Å². The van der Waals surface area contributed by atoms with Crippen LogP contribution in [0.4, 0.5) is 0 Å². The number of hydrogen-bond donors (Lipinski definition) is 0. The standard InChI is InChI=1S/C21H20O3/c1-23-18-12-13-19-17(14-18)11-10-16(21(19)22)8-5-7-15-6-3-4-9-20(15)24-2/h3-9,12-14H,10-11H2,1-2H3/b7-5-,16-8-. The summed E-state index contributed by atoms with van der Waals surface area (Å²) in [4.78, 5) is 12.6. The molecule has 0 N–H and O–H groups in total. The second kappa shape index (κ2) is 7.18. The molecule has 0 amide bonds. The number of Topliss-reactive ketones (excluding diaryl/α,β-unsaturated/α-hetero) is 1. The van der Waals surface area contributed by atoms with Crippen LogP contribution in [0.25, 0.3) is 6.08 Å². The number of para-hydroxylation sites is 1. The van der Waals surface area contributed by atoms with Gasteiger partial charge in [0, 0.05) is 16.7 Å². The lowest BCUT2D eigenvalue weighted by Gasteiger charge is -2.17. The van der Waals surface area contributed by atoms with Gasteiger partial charge in [0.15, 0.2) is 5.78 Å². The Hall–Kier alpha value is -2.81. The first-order chi connectivity index (χ1) is 11.7. The first-order valence-electron chi connectivity index (χ1n) is 7.95. The summed E-state index contributed by atoms with van der Waals surface area (Å²) >= 11 is 0. The number of rotatable bonds is 4. The van der Waals surface area contributed by atoms with E-state index in [1.165, 1.54) is 0 Å². The Labute approximate surface area is 142 Å². The third-order valence-corrected chi connectivity index (χ3v) is 4.22. The minimum absolute atomic E-state index is 0.101. The molecule has 0 bridgehead atoms. The molecule has 122 valence electrons. The summed E-state index contributed by atoms with van der Waals surface area (Å²) in [7, 11) is 3.29. The average molecular weight is 320 g/mol. The van der Waals surface area contributed by atoms with E-state index in [1.807, 2.05) is 60.7 Å². The molecule has 0 atom stereocenters. The van der Waals surface area contributed by atoms with Crippen molar-refractivity contribution in [3.05, 3.63) is 76.9 Å². The van der Waals surface area contributed by atoms with Crippen LogP contribution in [0.15, 0.2) is 60.2 Å². The van der Waals surface area contributed by atoms with Gasteiger partial charge in [-0.25, -0.2) is 0 Å². The molecule has 2 aromatic carbocycles. The van der Waals surface area contributed by atoms with E-state index in [4.69, 9.17) is 9.47 Å². The molecule has 2 aromatic rings. The van der Waals surface area contributed by atoms with Gasteiger partial charge in [0.2, 0.25) is 0 Å². The van der Waals surface area contributed by atoms with Crippen molar-refractivity contribution in [1.29, 1.82) is 0 Å². The van der Waals surface area contributed by atoms with Gasteiger partial charge in [-0.2, -0.15) is 0 Å². The minimum Gasteiger partial charge on any atom is -0.497 e. The Kier molecular flexibility index (Phi) is 4.80. The average Bonchev–Trinajstić information content (AvgIpc) is 2.63. The molecule has 3 nitrogen and oxygen atoms in total. The Morgan fingerprint density at radius 2 is 1.83 bits per heavy atom. The minimum atomic E-state index is 0.101. The van der Waals surface area contributed by atoms with Crippen molar-refractivity contribution in [3.63, 3.8) is 0 Å². The number of ether oxygens (including phenoxy) is 2. The van der Waals surface area contributed by atoms with E-state index in [1.54, 1.807) is 14.2 Å². The Bertz CT molecular complexity index is 816. The van der Waals surface area contributed by atoms with Crippen LogP contribution in [0.1, 0.15) is 27.9 Å². The molecular weight excluding hydrogens is 300 g/mol. The molecule has 0 heterocycles. The van der Waals surface area contributed by atoms with Crippen molar-refractivity contribution in [1.82, 2.24) is 0 Å². The molecule has 1 aliphatic carbocycles. The molecule has 0 aromatic heterocycles. The second-order valence-electron chi connectivity index (χ2n) is 5.65. The molecule has 1 aliphatic rings. The molecule has 3 heteroatoms. The van der Waals surface area contributed by atoms with Crippen LogP contribution in [-0.2, 0) is 6.42 Å². The van der Waals surface area contributed by atoms with E-state index in [-0.39, 0.29) is 5.78 Å². The van der Waals surface area contributed by atoms with Crippen molar-refractivity contribution in [2.45, 2.75) is 12.8 Å². The maximum atomic E-state index is 12.6. The quantitative estimate of drug-likeness (QED) is 0.780. The molecule has 3 rings (SSSR count). The van der Waals surface area contributed by atoms with E-state index in [0.717, 1.165) is 46.6 Å². The highest BCUT2D eigenvalue weighted by Crippen LogP contribution is 2.28. The summed E-state index contributed by atoms with van der Waals surface area (Å²) < 4.78 is 10.6. The zero-order valence-electron chi connectivity index (χ0n) is 13.9. The smallest absolute Gasteiger partial charge is 0.189 e. The largest absolute Gasteiger partial charge is 0.497 e. The van der Waals surface area contributed by atoms with E-state index < -0.39 is 0 Å². The number of methoxy groups -OCH3 is 2. The first-order valence-corrected chi connectivity index (χ1v) is 7.95. The summed E-state index contributed by atoms with van der Waals surface area (Å²) in [5, 5.41) is 0. The molecular formula is C21H20O3. The normalized spacial score (nSPS) is 15.6. The lowest BCUT2D eigenvalue weighted by Crippen LogP contribution is -2.14. The van der Waals surface area contributed by atoms with Gasteiger partial charge in [0.05, 0.1) is 14.2 Å². The van der Waals surface area contributed by atoms with Crippen LogP contribution in [0.5, 0.6) is 11.5 Å². The number of ketones is 1. The first kappa shape index (κ1) is 16.1. The fourth-order valence-corrected chi connectivity index (χ4v) is 2.91. The number of benzene rings is 2. The van der Waals surface area contributed by atoms with Gasteiger partial charge in [-0.05, 0) is 42.7 Å². The number of carbonyl (C=O) groups is 1. The van der Waals surface area contributed by atoms with Gasteiger partial charge in [-0.3, -0.25) is 4.79 Å². The van der Waals surface area contributed by atoms with Gasteiger partial charge >= 0.3 is 0 Å². The lowest BCUT2D eigenvalue weighted by molar-refractivity contribution is 0.102. The van der Waals surface area contributed by atoms with Crippen LogP contribution in [0, 0.1) is 0 Å². The molecule has 0 radical (unpaired) electrons. The summed E-state index contributed by atoms with van der Waals surface area (Å²) in [6.07, 6.45) is 7.38. The zero-order chi connectivity index (χ0) is 16.9. The van der Waals surface area contributed by atoms with Gasteiger partial charge in [-0.15, -0.1) is 0 Å². The molecule has 0 saturated carbocycles. The second-order valence-corrected chi connectivity index (χ2v) is 5.65. The molecule has 0 unspecified atom stereocenters. The third-order valence-electron chi connectivity index (χ3n) is 4.22. The highest BCUT2D eigenvalue weighted by Gasteiger charge is 2.21. The fraction of sp³-hybridized carbons (Fsp3) is 0.190. The number of allylic oxidation sites excluding steroid dienone is 3. The Morgan fingerprint density at radius 3 is 2.62 bits per heavy atom. The van der Waals surface area contributed by atoms with E-state index in [9.17, 15) is 4.79 Å². The van der Waals surface area contributed by atoms with Gasteiger partial charge < -0.3 is 9.47 Å². The zero-order valence-corrected chi connectivity index (χ0v) is 13.9. The number of aryl methyl sites for hydroxylation is 1. The SMILES string of the molecule is COc1ccc2c(c1)CC/C(=C/C=C\c1ccccc1OC)C2=O.